The van der Waals surface area contributed by atoms with E-state index in [4.69, 9.17) is 0 Å². The molecule has 0 radical (unpaired) electrons. The minimum Gasteiger partial charge on any atom is -0.0998 e. The summed E-state index contributed by atoms with van der Waals surface area (Å²) in [4.78, 5) is 0. The van der Waals surface area contributed by atoms with Gasteiger partial charge in [-0.3, -0.25) is 0 Å². The highest BCUT2D eigenvalue weighted by Gasteiger charge is 2.73. The van der Waals surface area contributed by atoms with Gasteiger partial charge in [0, 0.05) is 0 Å². The average molecular weight is 204 g/mol. The van der Waals surface area contributed by atoms with Crippen LogP contribution in [0.25, 0.3) is 0 Å². The topological polar surface area (TPSA) is 0 Å². The second kappa shape index (κ2) is 2.90. The van der Waals surface area contributed by atoms with E-state index in [9.17, 15) is 0 Å². The van der Waals surface area contributed by atoms with E-state index in [0.717, 1.165) is 35.0 Å². The first-order chi connectivity index (χ1) is 7.09. The fourth-order valence-electron chi connectivity index (χ4n) is 5.35. The Hall–Kier alpha value is -0.260. The van der Waals surface area contributed by atoms with Crippen molar-refractivity contribution in [3.05, 3.63) is 12.2 Å². The Bertz CT molecular complexity index is 303. The van der Waals surface area contributed by atoms with Gasteiger partial charge in [-0.2, -0.15) is 0 Å². The molecule has 3 rings (SSSR count). The van der Waals surface area contributed by atoms with Crippen molar-refractivity contribution in [1.29, 1.82) is 0 Å². The van der Waals surface area contributed by atoms with Crippen LogP contribution in [0.3, 0.4) is 0 Å². The van der Waals surface area contributed by atoms with Crippen LogP contribution < -0.4 is 0 Å². The predicted octanol–water partition coefficient (Wildman–Crippen LogP) is 4.27. The molecule has 0 aromatic rings. The summed E-state index contributed by atoms with van der Waals surface area (Å²) in [7, 11) is 0. The highest BCUT2D eigenvalue weighted by Crippen LogP contribution is 2.79. The van der Waals surface area contributed by atoms with Gasteiger partial charge in [-0.05, 0) is 67.6 Å². The summed E-state index contributed by atoms with van der Waals surface area (Å²) in [5.41, 5.74) is 2.24. The Morgan fingerprint density at radius 2 is 1.87 bits per heavy atom. The molecule has 0 bridgehead atoms. The van der Waals surface area contributed by atoms with E-state index in [1.165, 1.54) is 31.3 Å². The Morgan fingerprint density at radius 3 is 2.53 bits per heavy atom. The van der Waals surface area contributed by atoms with Crippen molar-refractivity contribution in [3.8, 4) is 0 Å². The molecule has 3 saturated carbocycles. The van der Waals surface area contributed by atoms with Crippen molar-refractivity contribution in [2.75, 3.05) is 0 Å². The number of hydrogen-bond acceptors (Lipinski definition) is 0. The molecule has 0 nitrogen and oxygen atoms in total. The van der Waals surface area contributed by atoms with Gasteiger partial charge < -0.3 is 0 Å². The molecule has 0 N–H and O–H groups in total. The van der Waals surface area contributed by atoms with Crippen molar-refractivity contribution in [1.82, 2.24) is 0 Å². The summed E-state index contributed by atoms with van der Waals surface area (Å²) in [6.45, 7) is 11.5. The first kappa shape index (κ1) is 9.93. The van der Waals surface area contributed by atoms with E-state index < -0.39 is 0 Å². The van der Waals surface area contributed by atoms with Crippen LogP contribution in [-0.4, -0.2) is 0 Å². The van der Waals surface area contributed by atoms with Crippen LogP contribution in [0.2, 0.25) is 0 Å². The van der Waals surface area contributed by atoms with Gasteiger partial charge in [0.2, 0.25) is 0 Å². The molecular weight excluding hydrogens is 180 g/mol. The summed E-state index contributed by atoms with van der Waals surface area (Å²) in [6, 6.07) is 0. The normalized spacial score (nSPS) is 57.1. The number of rotatable bonds is 1. The summed E-state index contributed by atoms with van der Waals surface area (Å²) in [5.74, 6) is 4.96. The summed E-state index contributed by atoms with van der Waals surface area (Å²) < 4.78 is 0. The van der Waals surface area contributed by atoms with E-state index >= 15 is 0 Å². The maximum absolute atomic E-state index is 4.23. The smallest absolute Gasteiger partial charge is 0.0172 e. The monoisotopic (exact) mass is 204 g/mol. The van der Waals surface area contributed by atoms with Crippen LogP contribution in [0, 0.1) is 35.0 Å². The third kappa shape index (κ3) is 1.04. The third-order valence-electron chi connectivity index (χ3n) is 6.06. The van der Waals surface area contributed by atoms with Gasteiger partial charge >= 0.3 is 0 Å². The van der Waals surface area contributed by atoms with Gasteiger partial charge in [0.25, 0.3) is 0 Å². The molecule has 15 heavy (non-hydrogen) atoms. The number of allylic oxidation sites excluding steroid dienone is 1. The van der Waals surface area contributed by atoms with Gasteiger partial charge in [0.05, 0.1) is 0 Å². The van der Waals surface area contributed by atoms with Crippen LogP contribution in [0.1, 0.15) is 46.5 Å². The largest absolute Gasteiger partial charge is 0.0998 e. The average Bonchev–Trinajstić information content (AvgIpc) is 2.75. The van der Waals surface area contributed by atoms with Gasteiger partial charge in [-0.25, -0.2) is 0 Å². The zero-order valence-electron chi connectivity index (χ0n) is 10.4. The van der Waals surface area contributed by atoms with Gasteiger partial charge in [0.1, 0.15) is 0 Å². The Morgan fingerprint density at radius 1 is 1.13 bits per heavy atom. The molecule has 0 saturated heterocycles. The Labute approximate surface area is 94.1 Å². The molecule has 0 heterocycles. The minimum atomic E-state index is 0.779. The highest BCUT2D eigenvalue weighted by molar-refractivity contribution is 5.25. The zero-order chi connectivity index (χ0) is 10.8. The fraction of sp³-hybridized carbons (Fsp3) is 0.867. The van der Waals surface area contributed by atoms with Crippen molar-refractivity contribution in [3.63, 3.8) is 0 Å². The second-order valence-corrected chi connectivity index (χ2v) is 6.61. The lowest BCUT2D eigenvalue weighted by molar-refractivity contribution is 0.187. The fourth-order valence-corrected chi connectivity index (χ4v) is 5.35. The van der Waals surface area contributed by atoms with Crippen molar-refractivity contribution in [2.24, 2.45) is 35.0 Å². The second-order valence-electron chi connectivity index (χ2n) is 6.61. The number of hydrogen-bond donors (Lipinski definition) is 0. The van der Waals surface area contributed by atoms with Crippen LogP contribution in [0.15, 0.2) is 12.2 Å². The quantitative estimate of drug-likeness (QED) is 0.559. The van der Waals surface area contributed by atoms with Gasteiger partial charge in [0.15, 0.2) is 0 Å². The molecule has 84 valence electrons. The molecular formula is C15H24. The highest BCUT2D eigenvalue weighted by atomic mass is 14.8. The zero-order valence-corrected chi connectivity index (χ0v) is 10.4. The lowest BCUT2D eigenvalue weighted by Gasteiger charge is -2.34. The summed E-state index contributed by atoms with van der Waals surface area (Å²) >= 11 is 0. The molecule has 1 spiro atoms. The maximum atomic E-state index is 4.23. The van der Waals surface area contributed by atoms with E-state index in [1.807, 2.05) is 0 Å². The van der Waals surface area contributed by atoms with E-state index in [2.05, 4.69) is 27.4 Å². The summed E-state index contributed by atoms with van der Waals surface area (Å²) in [5, 5.41) is 0. The van der Waals surface area contributed by atoms with Crippen LogP contribution in [-0.2, 0) is 0 Å². The molecule has 0 heteroatoms. The van der Waals surface area contributed by atoms with Crippen molar-refractivity contribution >= 4 is 0 Å². The Balaban J connectivity index is 1.91. The van der Waals surface area contributed by atoms with Crippen molar-refractivity contribution < 1.29 is 0 Å². The van der Waals surface area contributed by atoms with Gasteiger partial charge in [-0.15, -0.1) is 0 Å². The molecule has 2 unspecified atom stereocenters. The number of fused-ring (bicyclic) bond motifs is 1. The standard InChI is InChI=1S/C15H24/c1-9(2)12-6-5-11(4)15-8-7-10(3)13(15)14(12)15/h10-14H,1,5-8H2,2-4H3/t10?,11-,12+,13?,14-,15-/m0/s1. The lowest BCUT2D eigenvalue weighted by atomic mass is 9.71. The minimum absolute atomic E-state index is 0.779. The molecule has 6 atom stereocenters. The SMILES string of the molecule is C=C(C)[C@H]1CC[C@H](C)[C@@]23CCC(C)C2[C@H]13. The molecule has 0 amide bonds. The molecule has 0 aromatic heterocycles. The van der Waals surface area contributed by atoms with Crippen LogP contribution in [0.4, 0.5) is 0 Å². The first-order valence-electron chi connectivity index (χ1n) is 6.74. The molecule has 0 aliphatic heterocycles. The van der Waals surface area contributed by atoms with Crippen LogP contribution >= 0.6 is 0 Å². The first-order valence-corrected chi connectivity index (χ1v) is 6.74. The van der Waals surface area contributed by atoms with Gasteiger partial charge in [-0.1, -0.05) is 26.0 Å². The van der Waals surface area contributed by atoms with E-state index in [0.29, 0.717) is 0 Å². The third-order valence-corrected chi connectivity index (χ3v) is 6.06. The van der Waals surface area contributed by atoms with E-state index in [-0.39, 0.29) is 0 Å². The molecule has 3 aliphatic rings. The molecule has 3 fully saturated rings. The predicted molar refractivity (Wildman–Crippen MR) is 64.5 cm³/mol. The maximum Gasteiger partial charge on any atom is -0.0172 e. The Kier molecular flexibility index (Phi) is 1.92. The van der Waals surface area contributed by atoms with E-state index in [1.54, 1.807) is 0 Å². The molecule has 0 aromatic carbocycles. The lowest BCUT2D eigenvalue weighted by Crippen LogP contribution is -2.25. The summed E-state index contributed by atoms with van der Waals surface area (Å²) in [6.07, 6.45) is 5.90. The molecule has 3 aliphatic carbocycles. The van der Waals surface area contributed by atoms with Crippen LogP contribution in [0.5, 0.6) is 0 Å². The van der Waals surface area contributed by atoms with Crippen molar-refractivity contribution in [2.45, 2.75) is 46.5 Å².